The molecule has 1 aliphatic heterocycles. The molecule has 3 aromatic carbocycles. The van der Waals surface area contributed by atoms with Gasteiger partial charge < -0.3 is 14.6 Å². The van der Waals surface area contributed by atoms with Crippen LogP contribution in [0.4, 0.5) is 0 Å². The third kappa shape index (κ3) is 3.78. The van der Waals surface area contributed by atoms with Gasteiger partial charge in [0, 0.05) is 47.2 Å². The Bertz CT molecular complexity index is 1770. The van der Waals surface area contributed by atoms with E-state index in [2.05, 4.69) is 9.97 Å². The lowest BCUT2D eigenvalue weighted by Gasteiger charge is -2.27. The number of H-pyrrole nitrogens is 1. The Morgan fingerprint density at radius 3 is 2.51 bits per heavy atom. The topological polar surface area (TPSA) is 97.3 Å². The number of carbonyl (C=O) groups excluding carboxylic acids is 2. The van der Waals surface area contributed by atoms with Gasteiger partial charge in [0.05, 0.1) is 29.3 Å². The Labute approximate surface area is 212 Å². The van der Waals surface area contributed by atoms with E-state index in [0.717, 1.165) is 22.2 Å². The highest BCUT2D eigenvalue weighted by atomic mass is 16.5. The maximum absolute atomic E-state index is 13.4. The molecule has 0 atom stereocenters. The summed E-state index contributed by atoms with van der Waals surface area (Å²) in [5.41, 5.74) is 5.22. The Morgan fingerprint density at radius 2 is 1.73 bits per heavy atom. The summed E-state index contributed by atoms with van der Waals surface area (Å²) in [5, 5.41) is 1.47. The first-order valence-electron chi connectivity index (χ1n) is 12.0. The quantitative estimate of drug-likeness (QED) is 0.382. The number of rotatable bonds is 3. The monoisotopic (exact) mass is 492 g/mol. The molecule has 8 heteroatoms. The summed E-state index contributed by atoms with van der Waals surface area (Å²) in [6.07, 6.45) is 0.693. The summed E-state index contributed by atoms with van der Waals surface area (Å²) in [6, 6.07) is 19.7. The van der Waals surface area contributed by atoms with E-state index in [1.807, 2.05) is 35.2 Å². The minimum atomic E-state index is -0.392. The first-order chi connectivity index (χ1) is 17.9. The van der Waals surface area contributed by atoms with Gasteiger partial charge in [0.2, 0.25) is 0 Å². The minimum absolute atomic E-state index is 0.0867. The van der Waals surface area contributed by atoms with Crippen molar-refractivity contribution in [3.05, 3.63) is 105 Å². The van der Waals surface area contributed by atoms with Crippen LogP contribution in [0.3, 0.4) is 0 Å². The van der Waals surface area contributed by atoms with Crippen LogP contribution in [0.2, 0.25) is 0 Å². The minimum Gasteiger partial charge on any atom is -0.465 e. The molecule has 0 bridgehead atoms. The standard InChI is InChI=1S/C29H24N4O4/c1-17-30-24-6-4-3-5-21(24)28(35)33(17)20-10-7-18(8-11-20)27(34)32-14-13-26-23(16-32)22-15-19(29(36)37-2)9-12-25(22)31-26/h3-12,15,31H,13-14,16H2,1-2H3. The van der Waals surface area contributed by atoms with E-state index in [9.17, 15) is 14.4 Å². The van der Waals surface area contributed by atoms with E-state index in [0.29, 0.717) is 53.1 Å². The molecule has 1 amide bonds. The van der Waals surface area contributed by atoms with Crippen LogP contribution in [-0.2, 0) is 17.7 Å². The first-order valence-corrected chi connectivity index (χ1v) is 12.0. The second-order valence-corrected chi connectivity index (χ2v) is 9.17. The van der Waals surface area contributed by atoms with Crippen molar-refractivity contribution in [2.24, 2.45) is 0 Å². The number of hydrogen-bond acceptors (Lipinski definition) is 5. The van der Waals surface area contributed by atoms with Crippen molar-refractivity contribution in [2.45, 2.75) is 19.9 Å². The van der Waals surface area contributed by atoms with Crippen molar-refractivity contribution in [2.75, 3.05) is 13.7 Å². The third-order valence-electron chi connectivity index (χ3n) is 7.00. The van der Waals surface area contributed by atoms with Crippen LogP contribution < -0.4 is 5.56 Å². The van der Waals surface area contributed by atoms with Crippen molar-refractivity contribution in [1.29, 1.82) is 0 Å². The maximum Gasteiger partial charge on any atom is 0.337 e. The molecule has 6 rings (SSSR count). The number of aryl methyl sites for hydroxylation is 1. The fourth-order valence-corrected chi connectivity index (χ4v) is 5.12. The summed E-state index contributed by atoms with van der Waals surface area (Å²) in [7, 11) is 1.36. The van der Waals surface area contributed by atoms with Crippen LogP contribution >= 0.6 is 0 Å². The van der Waals surface area contributed by atoms with E-state index in [1.165, 1.54) is 7.11 Å². The molecule has 0 spiro atoms. The van der Waals surface area contributed by atoms with Gasteiger partial charge >= 0.3 is 5.97 Å². The molecule has 2 aromatic heterocycles. The highest BCUT2D eigenvalue weighted by Gasteiger charge is 2.25. The molecule has 0 fully saturated rings. The second kappa shape index (κ2) is 8.74. The molecule has 1 aliphatic rings. The average molecular weight is 493 g/mol. The number of ether oxygens (including phenoxy) is 1. The van der Waals surface area contributed by atoms with Crippen LogP contribution in [0.25, 0.3) is 27.5 Å². The van der Waals surface area contributed by atoms with Crippen LogP contribution in [0.15, 0.2) is 71.5 Å². The third-order valence-corrected chi connectivity index (χ3v) is 7.00. The van der Waals surface area contributed by atoms with E-state index in [4.69, 9.17) is 4.74 Å². The molecule has 5 aromatic rings. The fraction of sp³-hybridized carbons (Fsp3) is 0.172. The molecule has 0 unspecified atom stereocenters. The van der Waals surface area contributed by atoms with Gasteiger partial charge in [-0.05, 0) is 61.5 Å². The van der Waals surface area contributed by atoms with Crippen molar-refractivity contribution in [3.8, 4) is 5.69 Å². The van der Waals surface area contributed by atoms with Gasteiger partial charge in [0.1, 0.15) is 5.82 Å². The number of aromatic nitrogens is 3. The summed E-state index contributed by atoms with van der Waals surface area (Å²) in [5.74, 6) is 0.102. The number of esters is 1. The first kappa shape index (κ1) is 22.7. The molecule has 0 aliphatic carbocycles. The van der Waals surface area contributed by atoms with Crippen LogP contribution in [0.5, 0.6) is 0 Å². The van der Waals surface area contributed by atoms with Crippen LogP contribution in [-0.4, -0.2) is 45.0 Å². The van der Waals surface area contributed by atoms with Gasteiger partial charge in [0.25, 0.3) is 11.5 Å². The van der Waals surface area contributed by atoms with Crippen molar-refractivity contribution < 1.29 is 14.3 Å². The number of hydrogen-bond donors (Lipinski definition) is 1. The highest BCUT2D eigenvalue weighted by molar-refractivity contribution is 5.97. The Balaban J connectivity index is 1.29. The Kier molecular flexibility index (Phi) is 5.37. The van der Waals surface area contributed by atoms with E-state index < -0.39 is 5.97 Å². The van der Waals surface area contributed by atoms with Crippen molar-refractivity contribution in [1.82, 2.24) is 19.4 Å². The molecular weight excluding hydrogens is 468 g/mol. The lowest BCUT2D eigenvalue weighted by atomic mass is 10.0. The molecular formula is C29H24N4O4. The van der Waals surface area contributed by atoms with Gasteiger partial charge in [-0.15, -0.1) is 0 Å². The molecule has 0 radical (unpaired) electrons. The summed E-state index contributed by atoms with van der Waals surface area (Å²) < 4.78 is 6.43. The van der Waals surface area contributed by atoms with Gasteiger partial charge in [-0.25, -0.2) is 9.78 Å². The van der Waals surface area contributed by atoms with E-state index in [-0.39, 0.29) is 11.5 Å². The number of methoxy groups -OCH3 is 1. The van der Waals surface area contributed by atoms with Crippen molar-refractivity contribution in [3.63, 3.8) is 0 Å². The van der Waals surface area contributed by atoms with Crippen LogP contribution in [0, 0.1) is 6.92 Å². The smallest absolute Gasteiger partial charge is 0.337 e. The molecule has 3 heterocycles. The molecule has 37 heavy (non-hydrogen) atoms. The summed E-state index contributed by atoms with van der Waals surface area (Å²) in [4.78, 5) is 48.3. The number of carbonyl (C=O) groups is 2. The zero-order valence-corrected chi connectivity index (χ0v) is 20.4. The summed E-state index contributed by atoms with van der Waals surface area (Å²) in [6.45, 7) is 2.82. The summed E-state index contributed by atoms with van der Waals surface area (Å²) >= 11 is 0. The number of nitrogens with zero attached hydrogens (tertiary/aromatic N) is 3. The number of nitrogens with one attached hydrogen (secondary N) is 1. The normalized spacial score (nSPS) is 13.1. The Morgan fingerprint density at radius 1 is 0.973 bits per heavy atom. The fourth-order valence-electron chi connectivity index (χ4n) is 5.12. The lowest BCUT2D eigenvalue weighted by Crippen LogP contribution is -2.35. The molecule has 8 nitrogen and oxygen atoms in total. The number of benzene rings is 3. The number of aromatic amines is 1. The largest absolute Gasteiger partial charge is 0.465 e. The molecule has 0 saturated carbocycles. The molecule has 0 saturated heterocycles. The average Bonchev–Trinajstić information content (AvgIpc) is 3.30. The number of amides is 1. The maximum atomic E-state index is 13.4. The zero-order chi connectivity index (χ0) is 25.7. The van der Waals surface area contributed by atoms with Gasteiger partial charge in [-0.3, -0.25) is 14.2 Å². The predicted octanol–water partition coefficient (Wildman–Crippen LogP) is 4.16. The van der Waals surface area contributed by atoms with E-state index in [1.54, 1.807) is 47.9 Å². The van der Waals surface area contributed by atoms with Gasteiger partial charge in [-0.2, -0.15) is 0 Å². The van der Waals surface area contributed by atoms with Crippen molar-refractivity contribution >= 4 is 33.7 Å². The number of fused-ring (bicyclic) bond motifs is 4. The molecule has 1 N–H and O–H groups in total. The van der Waals surface area contributed by atoms with E-state index >= 15 is 0 Å². The lowest BCUT2D eigenvalue weighted by molar-refractivity contribution is 0.0600. The van der Waals surface area contributed by atoms with Gasteiger partial charge in [0.15, 0.2) is 0 Å². The van der Waals surface area contributed by atoms with Gasteiger partial charge in [-0.1, -0.05) is 12.1 Å². The SMILES string of the molecule is COC(=O)c1ccc2[nH]c3c(c2c1)CN(C(=O)c1ccc(-n2c(C)nc4ccccc4c2=O)cc1)CC3. The number of para-hydroxylation sites is 1. The predicted molar refractivity (Wildman–Crippen MR) is 140 cm³/mol. The molecule has 184 valence electrons. The highest BCUT2D eigenvalue weighted by Crippen LogP contribution is 2.29. The zero-order valence-electron chi connectivity index (χ0n) is 20.4. The second-order valence-electron chi connectivity index (χ2n) is 9.17. The Hall–Kier alpha value is -4.72. The van der Waals surface area contributed by atoms with Crippen LogP contribution in [0.1, 0.15) is 37.8 Å².